The van der Waals surface area contributed by atoms with Crippen LogP contribution >= 0.6 is 0 Å². The van der Waals surface area contributed by atoms with E-state index in [9.17, 15) is 0 Å². The lowest BCUT2D eigenvalue weighted by molar-refractivity contribution is 0.478. The van der Waals surface area contributed by atoms with Gasteiger partial charge in [0.25, 0.3) is 0 Å². The second kappa shape index (κ2) is 3.02. The lowest BCUT2D eigenvalue weighted by Gasteiger charge is -2.00. The molecule has 2 aliphatic carbocycles. The predicted molar refractivity (Wildman–Crippen MR) is 58.0 cm³/mol. The average molecular weight is 184 g/mol. The van der Waals surface area contributed by atoms with Crippen molar-refractivity contribution in [1.29, 1.82) is 0 Å². The summed E-state index contributed by atoms with van der Waals surface area (Å²) in [6, 6.07) is 0. The molecule has 0 bridgehead atoms. The summed E-state index contributed by atoms with van der Waals surface area (Å²) in [5, 5.41) is 1.25. The first-order valence-electron chi connectivity index (χ1n) is 5.10. The molecule has 0 spiro atoms. The fraction of sp³-hybridized carbons (Fsp3) is 0.231. The Kier molecular flexibility index (Phi) is 1.69. The summed E-state index contributed by atoms with van der Waals surface area (Å²) in [6.45, 7) is 0. The molecule has 1 nitrogen and oxygen atoms in total. The maximum atomic E-state index is 5.83. The first-order valence-corrected chi connectivity index (χ1v) is 5.10. The normalized spacial score (nSPS) is 17.7. The SMILES string of the molecule is C1=CCC=c2oc3c(c2=C1)C=CCC3. The van der Waals surface area contributed by atoms with E-state index < -0.39 is 0 Å². The second-order valence-corrected chi connectivity index (χ2v) is 3.69. The fourth-order valence-corrected chi connectivity index (χ4v) is 2.05. The van der Waals surface area contributed by atoms with Crippen LogP contribution in [0, 0.1) is 0 Å². The van der Waals surface area contributed by atoms with Gasteiger partial charge in [0.2, 0.25) is 0 Å². The van der Waals surface area contributed by atoms with Gasteiger partial charge in [-0.15, -0.1) is 0 Å². The highest BCUT2D eigenvalue weighted by Gasteiger charge is 2.11. The van der Waals surface area contributed by atoms with Gasteiger partial charge in [-0.05, 0) is 18.9 Å². The Labute approximate surface area is 82.7 Å². The zero-order valence-electron chi connectivity index (χ0n) is 7.99. The van der Waals surface area contributed by atoms with Gasteiger partial charge in [0.15, 0.2) is 0 Å². The van der Waals surface area contributed by atoms with E-state index in [0.29, 0.717) is 0 Å². The molecule has 1 heteroatoms. The second-order valence-electron chi connectivity index (χ2n) is 3.69. The van der Waals surface area contributed by atoms with E-state index in [-0.39, 0.29) is 0 Å². The van der Waals surface area contributed by atoms with Crippen LogP contribution in [0.15, 0.2) is 22.6 Å². The molecule has 0 unspecified atom stereocenters. The summed E-state index contributed by atoms with van der Waals surface area (Å²) in [5.74, 6) is 1.15. The maximum Gasteiger partial charge on any atom is 0.131 e. The van der Waals surface area contributed by atoms with E-state index in [0.717, 1.165) is 30.4 Å². The molecule has 0 aliphatic heterocycles. The third-order valence-corrected chi connectivity index (χ3v) is 2.75. The van der Waals surface area contributed by atoms with Crippen molar-refractivity contribution in [3.8, 4) is 0 Å². The van der Waals surface area contributed by atoms with Gasteiger partial charge in [0.1, 0.15) is 11.2 Å². The van der Waals surface area contributed by atoms with Crippen molar-refractivity contribution in [3.63, 3.8) is 0 Å². The van der Waals surface area contributed by atoms with Crippen molar-refractivity contribution in [2.45, 2.75) is 19.3 Å². The van der Waals surface area contributed by atoms with Gasteiger partial charge >= 0.3 is 0 Å². The van der Waals surface area contributed by atoms with Crippen LogP contribution in [0.4, 0.5) is 0 Å². The molecule has 2 aliphatic rings. The van der Waals surface area contributed by atoms with Crippen LogP contribution in [0.25, 0.3) is 18.2 Å². The lowest BCUT2D eigenvalue weighted by atomic mass is 10.0. The van der Waals surface area contributed by atoms with Gasteiger partial charge in [-0.3, -0.25) is 0 Å². The Morgan fingerprint density at radius 3 is 3.21 bits per heavy atom. The average Bonchev–Trinajstić information content (AvgIpc) is 2.42. The quantitative estimate of drug-likeness (QED) is 0.599. The molecule has 1 aromatic rings. The van der Waals surface area contributed by atoms with Crippen molar-refractivity contribution in [2.24, 2.45) is 0 Å². The van der Waals surface area contributed by atoms with Crippen LogP contribution < -0.4 is 10.6 Å². The molecule has 3 rings (SSSR count). The molecule has 0 N–H and O–H groups in total. The first-order chi connectivity index (χ1) is 6.95. The molecule has 70 valence electrons. The van der Waals surface area contributed by atoms with Gasteiger partial charge in [-0.25, -0.2) is 0 Å². The van der Waals surface area contributed by atoms with Crippen molar-refractivity contribution in [2.75, 3.05) is 0 Å². The maximum absolute atomic E-state index is 5.83. The highest BCUT2D eigenvalue weighted by Crippen LogP contribution is 2.14. The first kappa shape index (κ1) is 7.86. The van der Waals surface area contributed by atoms with E-state index in [1.165, 1.54) is 10.8 Å². The lowest BCUT2D eigenvalue weighted by Crippen LogP contribution is -2.20. The molecular formula is C13H12O. The topological polar surface area (TPSA) is 13.1 Å². The van der Waals surface area contributed by atoms with Crippen molar-refractivity contribution in [3.05, 3.63) is 40.2 Å². The van der Waals surface area contributed by atoms with E-state index in [1.807, 2.05) is 0 Å². The Hall–Kier alpha value is -1.50. The minimum atomic E-state index is 0.972. The van der Waals surface area contributed by atoms with E-state index >= 15 is 0 Å². The summed E-state index contributed by atoms with van der Waals surface area (Å²) in [6.07, 6.45) is 16.1. The standard InChI is InChI=1S/C13H12O/c1-2-6-10-11-7-4-5-9-13(11)14-12(10)8-3-1/h1-2,4,6-8H,3,5,9H2. The van der Waals surface area contributed by atoms with Crippen LogP contribution in [-0.4, -0.2) is 0 Å². The van der Waals surface area contributed by atoms with Crippen LogP contribution in [0.1, 0.15) is 24.2 Å². The van der Waals surface area contributed by atoms with Crippen molar-refractivity contribution in [1.82, 2.24) is 0 Å². The van der Waals surface area contributed by atoms with E-state index in [1.54, 1.807) is 0 Å². The van der Waals surface area contributed by atoms with Crippen LogP contribution in [0.3, 0.4) is 0 Å². The molecule has 14 heavy (non-hydrogen) atoms. The Morgan fingerprint density at radius 1 is 1.21 bits per heavy atom. The smallest absolute Gasteiger partial charge is 0.131 e. The molecule has 0 atom stereocenters. The Balaban J connectivity index is 2.39. The fourth-order valence-electron chi connectivity index (χ4n) is 2.05. The van der Waals surface area contributed by atoms with Crippen LogP contribution in [0.2, 0.25) is 0 Å². The molecule has 0 saturated carbocycles. The van der Waals surface area contributed by atoms with Crippen LogP contribution in [0.5, 0.6) is 0 Å². The summed E-state index contributed by atoms with van der Waals surface area (Å²) in [4.78, 5) is 0. The summed E-state index contributed by atoms with van der Waals surface area (Å²) in [7, 11) is 0. The minimum absolute atomic E-state index is 0.972. The minimum Gasteiger partial charge on any atom is -0.461 e. The molecule has 0 amide bonds. The summed E-state index contributed by atoms with van der Waals surface area (Å²) >= 11 is 0. The van der Waals surface area contributed by atoms with Crippen molar-refractivity contribution >= 4 is 18.2 Å². The number of rotatable bonds is 0. The number of aryl methyl sites for hydroxylation is 1. The zero-order valence-corrected chi connectivity index (χ0v) is 7.99. The largest absolute Gasteiger partial charge is 0.461 e. The molecule has 1 heterocycles. The number of allylic oxidation sites excluding steroid dienone is 3. The van der Waals surface area contributed by atoms with E-state index in [4.69, 9.17) is 4.42 Å². The van der Waals surface area contributed by atoms with Crippen molar-refractivity contribution < 1.29 is 4.42 Å². The third-order valence-electron chi connectivity index (χ3n) is 2.75. The number of hydrogen-bond donors (Lipinski definition) is 0. The van der Waals surface area contributed by atoms with E-state index in [2.05, 4.69) is 36.5 Å². The zero-order chi connectivity index (χ0) is 9.38. The van der Waals surface area contributed by atoms with Gasteiger partial charge < -0.3 is 4.42 Å². The number of furan rings is 1. The van der Waals surface area contributed by atoms with Gasteiger partial charge in [-0.1, -0.05) is 30.4 Å². The Morgan fingerprint density at radius 2 is 2.21 bits per heavy atom. The molecule has 0 radical (unpaired) electrons. The van der Waals surface area contributed by atoms with Gasteiger partial charge in [0, 0.05) is 17.2 Å². The number of fused-ring (bicyclic) bond motifs is 3. The highest BCUT2D eigenvalue weighted by atomic mass is 16.3. The van der Waals surface area contributed by atoms with Crippen LogP contribution in [-0.2, 0) is 6.42 Å². The molecule has 0 fully saturated rings. The van der Waals surface area contributed by atoms with Gasteiger partial charge in [0.05, 0.1) is 0 Å². The highest BCUT2D eigenvalue weighted by molar-refractivity contribution is 5.59. The molecule has 0 aromatic carbocycles. The number of hydrogen-bond acceptors (Lipinski definition) is 1. The summed E-state index contributed by atoms with van der Waals surface area (Å²) < 4.78 is 5.83. The Bertz CT molecular complexity index is 526. The molecule has 0 saturated heterocycles. The monoisotopic (exact) mass is 184 g/mol. The third kappa shape index (κ3) is 1.09. The summed E-state index contributed by atoms with van der Waals surface area (Å²) in [5.41, 5.74) is 2.33. The molecular weight excluding hydrogens is 172 g/mol. The molecule has 1 aromatic heterocycles. The van der Waals surface area contributed by atoms with Gasteiger partial charge in [-0.2, -0.15) is 0 Å². The predicted octanol–water partition coefficient (Wildman–Crippen LogP) is 1.76.